The van der Waals surface area contributed by atoms with E-state index in [-0.39, 0.29) is 16.8 Å². The van der Waals surface area contributed by atoms with Crippen LogP contribution >= 0.6 is 0 Å². The SMILES string of the molecule is CCOc1ccc(S(=O)(=O)N2CCN(C(C)C(=O)Nc3ccccc3C)CC2)cc1. The molecule has 0 aliphatic carbocycles. The normalized spacial score (nSPS) is 16.8. The van der Waals surface area contributed by atoms with Crippen LogP contribution in [0.2, 0.25) is 0 Å². The Morgan fingerprint density at radius 1 is 1.07 bits per heavy atom. The van der Waals surface area contributed by atoms with Crippen molar-refractivity contribution in [2.45, 2.75) is 31.7 Å². The lowest BCUT2D eigenvalue weighted by molar-refractivity contribution is -0.121. The molecule has 0 bridgehead atoms. The molecule has 0 saturated carbocycles. The summed E-state index contributed by atoms with van der Waals surface area (Å²) in [6.07, 6.45) is 0. The van der Waals surface area contributed by atoms with Crippen LogP contribution in [-0.2, 0) is 14.8 Å². The standard InChI is InChI=1S/C22H29N3O4S/c1-4-29-19-9-11-20(12-10-19)30(27,28)25-15-13-24(14-16-25)18(3)22(26)23-21-8-6-5-7-17(21)2/h5-12,18H,4,13-16H2,1-3H3,(H,23,26). The number of piperazine rings is 1. The van der Waals surface area contributed by atoms with Gasteiger partial charge in [-0.15, -0.1) is 0 Å². The first-order valence-electron chi connectivity index (χ1n) is 10.2. The number of carbonyl (C=O) groups is 1. The van der Waals surface area contributed by atoms with E-state index >= 15 is 0 Å². The second-order valence-corrected chi connectivity index (χ2v) is 9.26. The summed E-state index contributed by atoms with van der Waals surface area (Å²) < 4.78 is 32.7. The predicted octanol–water partition coefficient (Wildman–Crippen LogP) is 2.73. The molecule has 2 aromatic carbocycles. The Morgan fingerprint density at radius 3 is 2.30 bits per heavy atom. The van der Waals surface area contributed by atoms with Crippen molar-refractivity contribution >= 4 is 21.6 Å². The molecule has 0 spiro atoms. The van der Waals surface area contributed by atoms with Crippen LogP contribution in [0.5, 0.6) is 5.75 Å². The van der Waals surface area contributed by atoms with Gasteiger partial charge in [0.15, 0.2) is 0 Å². The second kappa shape index (κ2) is 9.59. The molecule has 1 amide bonds. The van der Waals surface area contributed by atoms with Crippen molar-refractivity contribution in [3.05, 3.63) is 54.1 Å². The van der Waals surface area contributed by atoms with E-state index in [9.17, 15) is 13.2 Å². The Kier molecular flexibility index (Phi) is 7.12. The molecular formula is C22H29N3O4S. The highest BCUT2D eigenvalue weighted by Gasteiger charge is 2.31. The van der Waals surface area contributed by atoms with E-state index in [0.717, 1.165) is 11.3 Å². The average molecular weight is 432 g/mol. The number of hydrogen-bond acceptors (Lipinski definition) is 5. The van der Waals surface area contributed by atoms with Crippen LogP contribution < -0.4 is 10.1 Å². The Labute approximate surface area is 178 Å². The van der Waals surface area contributed by atoms with Crippen LogP contribution in [0, 0.1) is 6.92 Å². The van der Waals surface area contributed by atoms with E-state index < -0.39 is 10.0 Å². The van der Waals surface area contributed by atoms with Crippen molar-refractivity contribution < 1.29 is 17.9 Å². The third-order valence-electron chi connectivity index (χ3n) is 5.38. The van der Waals surface area contributed by atoms with E-state index in [0.29, 0.717) is 38.5 Å². The number of para-hydroxylation sites is 1. The Hall–Kier alpha value is -2.42. The van der Waals surface area contributed by atoms with Crippen LogP contribution in [0.1, 0.15) is 19.4 Å². The van der Waals surface area contributed by atoms with E-state index in [2.05, 4.69) is 5.32 Å². The number of nitrogens with one attached hydrogen (secondary N) is 1. The molecular weight excluding hydrogens is 402 g/mol. The fourth-order valence-electron chi connectivity index (χ4n) is 3.47. The zero-order valence-electron chi connectivity index (χ0n) is 17.7. The maximum atomic E-state index is 12.9. The van der Waals surface area contributed by atoms with Crippen molar-refractivity contribution in [3.63, 3.8) is 0 Å². The number of carbonyl (C=O) groups excluding carboxylic acids is 1. The molecule has 8 heteroatoms. The van der Waals surface area contributed by atoms with Gasteiger partial charge in [-0.2, -0.15) is 4.31 Å². The molecule has 1 fully saturated rings. The van der Waals surface area contributed by atoms with Gasteiger partial charge in [-0.1, -0.05) is 18.2 Å². The average Bonchev–Trinajstić information content (AvgIpc) is 2.75. The maximum absolute atomic E-state index is 12.9. The number of hydrogen-bond donors (Lipinski definition) is 1. The Bertz CT molecular complexity index is 968. The summed E-state index contributed by atoms with van der Waals surface area (Å²) >= 11 is 0. The first kappa shape index (κ1) is 22.3. The molecule has 1 unspecified atom stereocenters. The summed E-state index contributed by atoms with van der Waals surface area (Å²) in [7, 11) is -3.57. The van der Waals surface area contributed by atoms with E-state index in [1.807, 2.05) is 49.9 Å². The molecule has 1 heterocycles. The van der Waals surface area contributed by atoms with Crippen molar-refractivity contribution in [2.24, 2.45) is 0 Å². The van der Waals surface area contributed by atoms with Crippen molar-refractivity contribution in [2.75, 3.05) is 38.1 Å². The smallest absolute Gasteiger partial charge is 0.243 e. The number of amides is 1. The third-order valence-corrected chi connectivity index (χ3v) is 7.29. The van der Waals surface area contributed by atoms with Crippen molar-refractivity contribution in [1.29, 1.82) is 0 Å². The minimum Gasteiger partial charge on any atom is -0.494 e. The number of rotatable bonds is 7. The van der Waals surface area contributed by atoms with Crippen LogP contribution in [0.15, 0.2) is 53.4 Å². The molecule has 1 aliphatic rings. The number of ether oxygens (including phenoxy) is 1. The molecule has 0 aromatic heterocycles. The maximum Gasteiger partial charge on any atom is 0.243 e. The van der Waals surface area contributed by atoms with Gasteiger partial charge in [-0.25, -0.2) is 8.42 Å². The van der Waals surface area contributed by atoms with Gasteiger partial charge < -0.3 is 10.1 Å². The molecule has 1 N–H and O–H groups in total. The van der Waals surface area contributed by atoms with Gasteiger partial charge >= 0.3 is 0 Å². The highest BCUT2D eigenvalue weighted by Crippen LogP contribution is 2.22. The first-order valence-corrected chi connectivity index (χ1v) is 11.6. The summed E-state index contributed by atoms with van der Waals surface area (Å²) in [5.74, 6) is 0.557. The van der Waals surface area contributed by atoms with E-state index in [4.69, 9.17) is 4.74 Å². The van der Waals surface area contributed by atoms with E-state index in [1.165, 1.54) is 4.31 Å². The van der Waals surface area contributed by atoms with Gasteiger partial charge in [0, 0.05) is 31.9 Å². The predicted molar refractivity (Wildman–Crippen MR) is 117 cm³/mol. The zero-order chi connectivity index (χ0) is 21.7. The molecule has 7 nitrogen and oxygen atoms in total. The van der Waals surface area contributed by atoms with Crippen LogP contribution in [0.3, 0.4) is 0 Å². The highest BCUT2D eigenvalue weighted by atomic mass is 32.2. The lowest BCUT2D eigenvalue weighted by Crippen LogP contribution is -2.53. The first-order chi connectivity index (χ1) is 14.3. The van der Waals surface area contributed by atoms with Gasteiger partial charge in [-0.05, 0) is 56.7 Å². The quantitative estimate of drug-likeness (QED) is 0.729. The van der Waals surface area contributed by atoms with Crippen LogP contribution in [0.4, 0.5) is 5.69 Å². The number of aryl methyl sites for hydroxylation is 1. The molecule has 30 heavy (non-hydrogen) atoms. The minimum atomic E-state index is -3.57. The number of anilines is 1. The monoisotopic (exact) mass is 431 g/mol. The summed E-state index contributed by atoms with van der Waals surface area (Å²) in [5.41, 5.74) is 1.80. The van der Waals surface area contributed by atoms with E-state index in [1.54, 1.807) is 24.3 Å². The number of nitrogens with zero attached hydrogens (tertiary/aromatic N) is 2. The molecule has 1 atom stereocenters. The second-order valence-electron chi connectivity index (χ2n) is 7.32. The zero-order valence-corrected chi connectivity index (χ0v) is 18.5. The van der Waals surface area contributed by atoms with Crippen LogP contribution in [-0.4, -0.2) is 62.4 Å². The molecule has 0 radical (unpaired) electrons. The topological polar surface area (TPSA) is 79.0 Å². The highest BCUT2D eigenvalue weighted by molar-refractivity contribution is 7.89. The molecule has 1 saturated heterocycles. The minimum absolute atomic E-state index is 0.0906. The van der Waals surface area contributed by atoms with Crippen molar-refractivity contribution in [3.8, 4) is 5.75 Å². The summed E-state index contributed by atoms with van der Waals surface area (Å²) in [6.45, 7) is 7.90. The molecule has 2 aromatic rings. The molecule has 3 rings (SSSR count). The number of sulfonamides is 1. The van der Waals surface area contributed by atoms with Crippen LogP contribution in [0.25, 0.3) is 0 Å². The summed E-state index contributed by atoms with van der Waals surface area (Å²) in [4.78, 5) is 14.9. The summed E-state index contributed by atoms with van der Waals surface area (Å²) in [6, 6.07) is 13.8. The third kappa shape index (κ3) is 5.00. The molecule has 1 aliphatic heterocycles. The van der Waals surface area contributed by atoms with Gasteiger partial charge in [0.1, 0.15) is 5.75 Å². The Morgan fingerprint density at radius 2 is 1.70 bits per heavy atom. The van der Waals surface area contributed by atoms with Crippen molar-refractivity contribution in [1.82, 2.24) is 9.21 Å². The summed E-state index contributed by atoms with van der Waals surface area (Å²) in [5, 5.41) is 2.97. The van der Waals surface area contributed by atoms with Gasteiger partial charge in [0.2, 0.25) is 15.9 Å². The van der Waals surface area contributed by atoms with Gasteiger partial charge in [-0.3, -0.25) is 9.69 Å². The fourth-order valence-corrected chi connectivity index (χ4v) is 4.89. The Balaban J connectivity index is 1.59. The number of benzene rings is 2. The largest absolute Gasteiger partial charge is 0.494 e. The fraction of sp³-hybridized carbons (Fsp3) is 0.409. The lowest BCUT2D eigenvalue weighted by atomic mass is 10.2. The molecule has 162 valence electrons. The van der Waals surface area contributed by atoms with Gasteiger partial charge in [0.05, 0.1) is 17.5 Å². The lowest BCUT2D eigenvalue weighted by Gasteiger charge is -2.36. The van der Waals surface area contributed by atoms with Gasteiger partial charge in [0.25, 0.3) is 0 Å².